The molecule has 2 aliphatic rings. The summed E-state index contributed by atoms with van der Waals surface area (Å²) in [6, 6.07) is 19.9. The van der Waals surface area contributed by atoms with Crippen molar-refractivity contribution in [1.82, 2.24) is 15.1 Å². The SMILES string of the molecule is Cc1ccc(CNC(=O)N2CC(N(Cc3ccccc3)C3CCOCC3)C2)cc1. The van der Waals surface area contributed by atoms with Gasteiger partial charge in [0.1, 0.15) is 0 Å². The average Bonchev–Trinajstić information content (AvgIpc) is 2.73. The molecule has 154 valence electrons. The minimum Gasteiger partial charge on any atom is -0.381 e. The van der Waals surface area contributed by atoms with Crippen LogP contribution in [0.5, 0.6) is 0 Å². The maximum Gasteiger partial charge on any atom is 0.317 e. The second kappa shape index (κ2) is 9.42. The zero-order valence-corrected chi connectivity index (χ0v) is 17.2. The van der Waals surface area contributed by atoms with Crippen LogP contribution in [-0.4, -0.2) is 54.2 Å². The average molecular weight is 394 g/mol. The number of urea groups is 1. The van der Waals surface area contributed by atoms with E-state index in [4.69, 9.17) is 4.74 Å². The van der Waals surface area contributed by atoms with Crippen LogP contribution in [0.2, 0.25) is 0 Å². The van der Waals surface area contributed by atoms with Crippen molar-refractivity contribution in [3.05, 3.63) is 71.3 Å². The predicted octanol–water partition coefficient (Wildman–Crippen LogP) is 3.57. The number of hydrogen-bond donors (Lipinski definition) is 1. The molecule has 2 amide bonds. The number of nitrogens with one attached hydrogen (secondary N) is 1. The molecular formula is C24H31N3O2. The molecular weight excluding hydrogens is 362 g/mol. The summed E-state index contributed by atoms with van der Waals surface area (Å²) >= 11 is 0. The number of likely N-dealkylation sites (tertiary alicyclic amines) is 1. The molecule has 0 radical (unpaired) electrons. The first-order valence-corrected chi connectivity index (χ1v) is 10.6. The minimum atomic E-state index is 0.0356. The Bertz CT molecular complexity index is 782. The van der Waals surface area contributed by atoms with Crippen LogP contribution in [0.1, 0.15) is 29.5 Å². The van der Waals surface area contributed by atoms with Gasteiger partial charge in [-0.05, 0) is 30.9 Å². The molecule has 2 fully saturated rings. The number of amides is 2. The van der Waals surface area contributed by atoms with Crippen molar-refractivity contribution in [2.75, 3.05) is 26.3 Å². The molecule has 5 nitrogen and oxygen atoms in total. The third-order valence-corrected chi connectivity index (χ3v) is 6.05. The van der Waals surface area contributed by atoms with Gasteiger partial charge in [0.15, 0.2) is 0 Å². The fraction of sp³-hybridized carbons (Fsp3) is 0.458. The van der Waals surface area contributed by atoms with Crippen molar-refractivity contribution >= 4 is 6.03 Å². The van der Waals surface area contributed by atoms with Gasteiger partial charge in [0.2, 0.25) is 0 Å². The molecule has 2 heterocycles. The van der Waals surface area contributed by atoms with Gasteiger partial charge in [-0.1, -0.05) is 60.2 Å². The van der Waals surface area contributed by atoms with Crippen LogP contribution in [0.25, 0.3) is 0 Å². The van der Waals surface area contributed by atoms with Gasteiger partial charge >= 0.3 is 6.03 Å². The van der Waals surface area contributed by atoms with Crippen LogP contribution in [0, 0.1) is 6.92 Å². The van der Waals surface area contributed by atoms with Crippen molar-refractivity contribution in [2.45, 2.75) is 44.9 Å². The van der Waals surface area contributed by atoms with Crippen LogP contribution < -0.4 is 5.32 Å². The summed E-state index contributed by atoms with van der Waals surface area (Å²) in [4.78, 5) is 17.1. The highest BCUT2D eigenvalue weighted by molar-refractivity contribution is 5.75. The number of rotatable bonds is 6. The fourth-order valence-electron chi connectivity index (χ4n) is 4.19. The molecule has 29 heavy (non-hydrogen) atoms. The first-order chi connectivity index (χ1) is 14.2. The zero-order chi connectivity index (χ0) is 20.1. The molecule has 2 aliphatic heterocycles. The molecule has 2 saturated heterocycles. The van der Waals surface area contributed by atoms with Crippen molar-refractivity contribution in [3.63, 3.8) is 0 Å². The molecule has 0 bridgehead atoms. The lowest BCUT2D eigenvalue weighted by Crippen LogP contribution is -2.64. The lowest BCUT2D eigenvalue weighted by atomic mass is 9.99. The van der Waals surface area contributed by atoms with E-state index in [1.165, 1.54) is 11.1 Å². The molecule has 0 aromatic heterocycles. The van der Waals surface area contributed by atoms with Crippen LogP contribution in [0.15, 0.2) is 54.6 Å². The van der Waals surface area contributed by atoms with Crippen molar-refractivity contribution in [2.24, 2.45) is 0 Å². The van der Waals surface area contributed by atoms with E-state index in [1.54, 1.807) is 0 Å². The summed E-state index contributed by atoms with van der Waals surface area (Å²) in [5.41, 5.74) is 3.70. The first kappa shape index (κ1) is 19.9. The number of carbonyl (C=O) groups is 1. The largest absolute Gasteiger partial charge is 0.381 e. The van der Waals surface area contributed by atoms with Crippen LogP contribution >= 0.6 is 0 Å². The molecule has 0 spiro atoms. The Morgan fingerprint density at radius 2 is 1.69 bits per heavy atom. The quantitative estimate of drug-likeness (QED) is 0.816. The van der Waals surface area contributed by atoms with E-state index in [2.05, 4.69) is 71.7 Å². The van der Waals surface area contributed by atoms with Gasteiger partial charge < -0.3 is 15.0 Å². The Labute approximate surface area is 173 Å². The highest BCUT2D eigenvalue weighted by Crippen LogP contribution is 2.25. The zero-order valence-electron chi connectivity index (χ0n) is 17.2. The first-order valence-electron chi connectivity index (χ1n) is 10.6. The summed E-state index contributed by atoms with van der Waals surface area (Å²) in [5.74, 6) is 0. The van der Waals surface area contributed by atoms with E-state index < -0.39 is 0 Å². The number of hydrogen-bond acceptors (Lipinski definition) is 3. The maximum atomic E-state index is 12.5. The highest BCUT2D eigenvalue weighted by Gasteiger charge is 2.38. The van der Waals surface area contributed by atoms with Gasteiger partial charge in [-0.2, -0.15) is 0 Å². The van der Waals surface area contributed by atoms with Gasteiger partial charge in [0, 0.05) is 51.5 Å². The van der Waals surface area contributed by atoms with E-state index in [-0.39, 0.29) is 6.03 Å². The number of nitrogens with zero attached hydrogens (tertiary/aromatic N) is 2. The summed E-state index contributed by atoms with van der Waals surface area (Å²) in [7, 11) is 0. The summed E-state index contributed by atoms with van der Waals surface area (Å²) < 4.78 is 5.57. The predicted molar refractivity (Wildman–Crippen MR) is 115 cm³/mol. The van der Waals surface area contributed by atoms with Crippen molar-refractivity contribution < 1.29 is 9.53 Å². The van der Waals surface area contributed by atoms with E-state index >= 15 is 0 Å². The highest BCUT2D eigenvalue weighted by atomic mass is 16.5. The summed E-state index contributed by atoms with van der Waals surface area (Å²) in [6.45, 7) is 6.85. The van der Waals surface area contributed by atoms with Crippen molar-refractivity contribution in [1.29, 1.82) is 0 Å². The molecule has 1 N–H and O–H groups in total. The van der Waals surface area contributed by atoms with Crippen LogP contribution in [0.4, 0.5) is 4.79 Å². The smallest absolute Gasteiger partial charge is 0.317 e. The number of carbonyl (C=O) groups excluding carboxylic acids is 1. The van der Waals surface area contributed by atoms with Gasteiger partial charge in [-0.3, -0.25) is 4.90 Å². The lowest BCUT2D eigenvalue weighted by Gasteiger charge is -2.49. The maximum absolute atomic E-state index is 12.5. The standard InChI is InChI=1S/C24H31N3O2/c1-19-7-9-20(10-8-19)15-25-24(28)26-17-23(18-26)27(22-11-13-29-14-12-22)16-21-5-3-2-4-6-21/h2-10,22-23H,11-18H2,1H3,(H,25,28). The molecule has 0 atom stereocenters. The topological polar surface area (TPSA) is 44.8 Å². The summed E-state index contributed by atoms with van der Waals surface area (Å²) in [6.07, 6.45) is 2.14. The van der Waals surface area contributed by atoms with Gasteiger partial charge in [0.05, 0.1) is 0 Å². The molecule has 4 rings (SSSR count). The molecule has 2 aromatic rings. The van der Waals surface area contributed by atoms with Gasteiger partial charge in [-0.25, -0.2) is 4.79 Å². The lowest BCUT2D eigenvalue weighted by molar-refractivity contribution is -0.0237. The number of ether oxygens (including phenoxy) is 1. The van der Waals surface area contributed by atoms with E-state index in [0.29, 0.717) is 18.6 Å². The minimum absolute atomic E-state index is 0.0356. The monoisotopic (exact) mass is 393 g/mol. The molecule has 2 aromatic carbocycles. The molecule has 0 saturated carbocycles. The normalized spacial score (nSPS) is 17.9. The van der Waals surface area contributed by atoms with Crippen molar-refractivity contribution in [3.8, 4) is 0 Å². The van der Waals surface area contributed by atoms with Gasteiger partial charge in [0.25, 0.3) is 0 Å². The molecule has 5 heteroatoms. The van der Waals surface area contributed by atoms with E-state index in [0.717, 1.165) is 51.3 Å². The van der Waals surface area contributed by atoms with E-state index in [1.807, 2.05) is 4.90 Å². The Balaban J connectivity index is 1.31. The second-order valence-electron chi connectivity index (χ2n) is 8.20. The Kier molecular flexibility index (Phi) is 6.47. The van der Waals surface area contributed by atoms with Gasteiger partial charge in [-0.15, -0.1) is 0 Å². The molecule has 0 unspecified atom stereocenters. The molecule has 0 aliphatic carbocycles. The third kappa shape index (κ3) is 5.17. The Morgan fingerprint density at radius 3 is 2.38 bits per heavy atom. The van der Waals surface area contributed by atoms with E-state index in [9.17, 15) is 4.79 Å². The third-order valence-electron chi connectivity index (χ3n) is 6.05. The fourth-order valence-corrected chi connectivity index (χ4v) is 4.19. The second-order valence-corrected chi connectivity index (χ2v) is 8.20. The Morgan fingerprint density at radius 1 is 1.00 bits per heavy atom. The summed E-state index contributed by atoms with van der Waals surface area (Å²) in [5, 5.41) is 3.06. The number of benzene rings is 2. The number of aryl methyl sites for hydroxylation is 1. The van der Waals surface area contributed by atoms with Crippen LogP contribution in [-0.2, 0) is 17.8 Å². The Hall–Kier alpha value is -2.37. The van der Waals surface area contributed by atoms with Crippen LogP contribution in [0.3, 0.4) is 0 Å².